The molecule has 6 heteroatoms. The third kappa shape index (κ3) is 3.21. The maximum absolute atomic E-state index is 12.3. The van der Waals surface area contributed by atoms with Crippen molar-refractivity contribution in [3.8, 4) is 11.1 Å². The molecule has 23 heavy (non-hydrogen) atoms. The van der Waals surface area contributed by atoms with Gasteiger partial charge in [-0.05, 0) is 34.9 Å². The van der Waals surface area contributed by atoms with Gasteiger partial charge in [-0.25, -0.2) is 0 Å². The van der Waals surface area contributed by atoms with Gasteiger partial charge in [0.05, 0.1) is 0 Å². The molecular formula is C17H13F3N2O. The van der Waals surface area contributed by atoms with Crippen LogP contribution in [0.15, 0.2) is 54.7 Å². The van der Waals surface area contributed by atoms with Gasteiger partial charge >= 0.3 is 12.1 Å². The van der Waals surface area contributed by atoms with Gasteiger partial charge in [-0.15, -0.1) is 0 Å². The summed E-state index contributed by atoms with van der Waals surface area (Å²) in [6, 6.07) is 12.1. The summed E-state index contributed by atoms with van der Waals surface area (Å²) in [5.74, 6) is -1.98. The Morgan fingerprint density at radius 1 is 1.13 bits per heavy atom. The quantitative estimate of drug-likeness (QED) is 0.865. The fraction of sp³-hybridized carbons (Fsp3) is 0.118. The van der Waals surface area contributed by atoms with E-state index >= 15 is 0 Å². The van der Waals surface area contributed by atoms with E-state index < -0.39 is 12.1 Å². The van der Waals surface area contributed by atoms with Crippen LogP contribution in [0.5, 0.6) is 0 Å². The van der Waals surface area contributed by atoms with E-state index in [2.05, 4.69) is 11.9 Å². The number of anilines is 2. The predicted molar refractivity (Wildman–Crippen MR) is 83.0 cm³/mol. The summed E-state index contributed by atoms with van der Waals surface area (Å²) >= 11 is 0. The number of fused-ring (bicyclic) bond motifs is 1. The topological polar surface area (TPSA) is 41.1 Å². The molecule has 1 aliphatic rings. The van der Waals surface area contributed by atoms with Gasteiger partial charge in [0.15, 0.2) is 0 Å². The molecule has 3 rings (SSSR count). The van der Waals surface area contributed by atoms with Crippen molar-refractivity contribution in [2.24, 2.45) is 0 Å². The molecule has 0 saturated carbocycles. The summed E-state index contributed by atoms with van der Waals surface area (Å²) in [5.41, 5.74) is 4.63. The first-order valence-electron chi connectivity index (χ1n) is 6.89. The second kappa shape index (κ2) is 5.46. The molecule has 2 aromatic carbocycles. The summed E-state index contributed by atoms with van der Waals surface area (Å²) in [7, 11) is 0. The first-order valence-corrected chi connectivity index (χ1v) is 6.89. The van der Waals surface area contributed by atoms with Crippen molar-refractivity contribution in [2.45, 2.75) is 12.6 Å². The Balaban J connectivity index is 1.87. The number of benzene rings is 2. The minimum absolute atomic E-state index is 0.0997. The Labute approximate surface area is 130 Å². The van der Waals surface area contributed by atoms with E-state index in [0.717, 1.165) is 28.9 Å². The summed E-state index contributed by atoms with van der Waals surface area (Å²) < 4.78 is 36.9. The lowest BCUT2D eigenvalue weighted by Gasteiger charge is -2.10. The number of amides is 1. The van der Waals surface area contributed by atoms with Crippen molar-refractivity contribution in [1.82, 2.24) is 0 Å². The fourth-order valence-corrected chi connectivity index (χ4v) is 2.47. The van der Waals surface area contributed by atoms with Gasteiger partial charge in [0.2, 0.25) is 0 Å². The van der Waals surface area contributed by atoms with Crippen LogP contribution < -0.4 is 10.6 Å². The molecular weight excluding hydrogens is 305 g/mol. The highest BCUT2D eigenvalue weighted by Crippen LogP contribution is 2.32. The third-order valence-electron chi connectivity index (χ3n) is 3.54. The number of carbonyl (C=O) groups excluding carboxylic acids is 1. The first kappa shape index (κ1) is 15.1. The van der Waals surface area contributed by atoms with Crippen LogP contribution in [0.3, 0.4) is 0 Å². The van der Waals surface area contributed by atoms with Crippen LogP contribution in [0, 0.1) is 0 Å². The standard InChI is InChI=1S/C17H13F3N2O/c1-10-7-13-6-5-12(9-15(13)21-10)11-3-2-4-14(8-11)22-16(23)17(18,19)20/h2-6,8-9,21H,1,7H2,(H,22,23). The Kier molecular flexibility index (Phi) is 3.60. The molecule has 0 unspecified atom stereocenters. The highest BCUT2D eigenvalue weighted by atomic mass is 19.4. The molecule has 0 atom stereocenters. The van der Waals surface area contributed by atoms with Crippen LogP contribution in [0.1, 0.15) is 5.56 Å². The number of rotatable bonds is 2. The van der Waals surface area contributed by atoms with Gasteiger partial charge in [-0.1, -0.05) is 30.8 Å². The Morgan fingerprint density at radius 2 is 1.87 bits per heavy atom. The van der Waals surface area contributed by atoms with Crippen LogP contribution in [-0.2, 0) is 11.2 Å². The number of hydrogen-bond acceptors (Lipinski definition) is 2. The van der Waals surface area contributed by atoms with E-state index in [9.17, 15) is 18.0 Å². The van der Waals surface area contributed by atoms with E-state index in [1.54, 1.807) is 12.1 Å². The monoisotopic (exact) mass is 318 g/mol. The molecule has 0 bridgehead atoms. The summed E-state index contributed by atoms with van der Waals surface area (Å²) in [6.07, 6.45) is -4.15. The lowest BCUT2D eigenvalue weighted by molar-refractivity contribution is -0.167. The van der Waals surface area contributed by atoms with E-state index in [-0.39, 0.29) is 5.69 Å². The number of carbonyl (C=O) groups is 1. The van der Waals surface area contributed by atoms with Crippen LogP contribution in [0.25, 0.3) is 11.1 Å². The minimum atomic E-state index is -4.91. The Bertz CT molecular complexity index is 797. The molecule has 0 spiro atoms. The van der Waals surface area contributed by atoms with E-state index in [4.69, 9.17) is 0 Å². The van der Waals surface area contributed by atoms with Crippen molar-refractivity contribution >= 4 is 17.3 Å². The van der Waals surface area contributed by atoms with Crippen molar-refractivity contribution in [2.75, 3.05) is 10.6 Å². The third-order valence-corrected chi connectivity index (χ3v) is 3.54. The molecule has 1 heterocycles. The zero-order valence-electron chi connectivity index (χ0n) is 12.0. The molecule has 0 saturated heterocycles. The van der Waals surface area contributed by atoms with Gasteiger partial charge in [-0.3, -0.25) is 4.79 Å². The lowest BCUT2D eigenvalue weighted by Crippen LogP contribution is -2.29. The number of alkyl halides is 3. The van der Waals surface area contributed by atoms with Crippen molar-refractivity contribution in [3.63, 3.8) is 0 Å². The average molecular weight is 318 g/mol. The highest BCUT2D eigenvalue weighted by Gasteiger charge is 2.38. The maximum Gasteiger partial charge on any atom is 0.471 e. The number of halogens is 3. The molecule has 1 amide bonds. The highest BCUT2D eigenvalue weighted by molar-refractivity contribution is 5.95. The fourth-order valence-electron chi connectivity index (χ4n) is 2.47. The van der Waals surface area contributed by atoms with Crippen LogP contribution in [-0.4, -0.2) is 12.1 Å². The molecule has 0 radical (unpaired) electrons. The Hall–Kier alpha value is -2.76. The van der Waals surface area contributed by atoms with E-state index in [1.807, 2.05) is 23.5 Å². The average Bonchev–Trinajstić information content (AvgIpc) is 2.85. The lowest BCUT2D eigenvalue weighted by atomic mass is 10.0. The summed E-state index contributed by atoms with van der Waals surface area (Å²) in [4.78, 5) is 11.0. The normalized spacial score (nSPS) is 13.4. The largest absolute Gasteiger partial charge is 0.471 e. The SMILES string of the molecule is C=C1Cc2ccc(-c3cccc(NC(=O)C(F)(F)F)c3)cc2N1. The van der Waals surface area contributed by atoms with Gasteiger partial charge in [-0.2, -0.15) is 13.2 Å². The van der Waals surface area contributed by atoms with Gasteiger partial charge < -0.3 is 10.6 Å². The molecule has 118 valence electrons. The van der Waals surface area contributed by atoms with Crippen LogP contribution >= 0.6 is 0 Å². The zero-order valence-corrected chi connectivity index (χ0v) is 12.0. The Morgan fingerprint density at radius 3 is 2.61 bits per heavy atom. The van der Waals surface area contributed by atoms with Crippen molar-refractivity contribution in [1.29, 1.82) is 0 Å². The molecule has 0 aliphatic carbocycles. The van der Waals surface area contributed by atoms with Crippen LogP contribution in [0.4, 0.5) is 24.5 Å². The second-order valence-corrected chi connectivity index (χ2v) is 5.31. The summed E-state index contributed by atoms with van der Waals surface area (Å²) in [6.45, 7) is 3.88. The number of nitrogens with one attached hydrogen (secondary N) is 2. The molecule has 3 nitrogen and oxygen atoms in total. The molecule has 2 N–H and O–H groups in total. The van der Waals surface area contributed by atoms with Gasteiger partial charge in [0, 0.05) is 23.5 Å². The molecule has 1 aliphatic heterocycles. The van der Waals surface area contributed by atoms with Crippen LogP contribution in [0.2, 0.25) is 0 Å². The zero-order chi connectivity index (χ0) is 16.6. The van der Waals surface area contributed by atoms with Crippen molar-refractivity contribution < 1.29 is 18.0 Å². The smallest absolute Gasteiger partial charge is 0.359 e. The number of allylic oxidation sites excluding steroid dienone is 1. The van der Waals surface area contributed by atoms with Gasteiger partial charge in [0.1, 0.15) is 0 Å². The molecule has 2 aromatic rings. The van der Waals surface area contributed by atoms with Crippen molar-refractivity contribution in [3.05, 3.63) is 60.3 Å². The first-order chi connectivity index (χ1) is 10.8. The molecule has 0 aromatic heterocycles. The maximum atomic E-state index is 12.3. The van der Waals surface area contributed by atoms with E-state index in [0.29, 0.717) is 5.56 Å². The molecule has 0 fully saturated rings. The minimum Gasteiger partial charge on any atom is -0.359 e. The van der Waals surface area contributed by atoms with E-state index in [1.165, 1.54) is 12.1 Å². The van der Waals surface area contributed by atoms with Gasteiger partial charge in [0.25, 0.3) is 0 Å². The second-order valence-electron chi connectivity index (χ2n) is 5.31. The predicted octanol–water partition coefficient (Wildman–Crippen LogP) is 4.34. The number of hydrogen-bond donors (Lipinski definition) is 2. The summed E-state index contributed by atoms with van der Waals surface area (Å²) in [5, 5.41) is 5.02.